The Hall–Kier alpha value is -3.33. The number of hydrogen-bond donors (Lipinski definition) is 0. The van der Waals surface area contributed by atoms with Crippen molar-refractivity contribution in [2.24, 2.45) is 0 Å². The summed E-state index contributed by atoms with van der Waals surface area (Å²) in [6, 6.07) is 19.9. The van der Waals surface area contributed by atoms with Gasteiger partial charge in [-0.25, -0.2) is 0 Å². The fraction of sp³-hybridized carbons (Fsp3) is 0.0870. The molecule has 0 bridgehead atoms. The molecule has 0 aliphatic heterocycles. The summed E-state index contributed by atoms with van der Waals surface area (Å²) in [5.74, 6) is 1.70. The summed E-state index contributed by atoms with van der Waals surface area (Å²) in [6.45, 7) is 0. The molecule has 1 aromatic heterocycles. The second-order valence-corrected chi connectivity index (χ2v) is 5.69. The van der Waals surface area contributed by atoms with Gasteiger partial charge >= 0.3 is 0 Å². The summed E-state index contributed by atoms with van der Waals surface area (Å²) >= 11 is 0. The molecule has 0 N–H and O–H groups in total. The van der Waals surface area contributed by atoms with Gasteiger partial charge in [0.1, 0.15) is 11.5 Å². The first-order valence-corrected chi connectivity index (χ1v) is 8.38. The van der Waals surface area contributed by atoms with E-state index in [0.29, 0.717) is 0 Å². The van der Waals surface area contributed by atoms with E-state index < -0.39 is 0 Å². The Morgan fingerprint density at radius 1 is 0.654 bits per heavy atom. The monoisotopic (exact) mass is 343 g/mol. The van der Waals surface area contributed by atoms with Gasteiger partial charge in [-0.15, -0.1) is 0 Å². The van der Waals surface area contributed by atoms with Crippen LogP contribution < -0.4 is 9.47 Å². The average Bonchev–Trinajstić information content (AvgIpc) is 2.72. The number of rotatable bonds is 6. The summed E-state index contributed by atoms with van der Waals surface area (Å²) < 4.78 is 10.4. The Balaban J connectivity index is 1.78. The molecule has 0 spiro atoms. The molecule has 3 heteroatoms. The minimum absolute atomic E-state index is 0.850. The molecule has 1 heterocycles. The fourth-order valence-corrected chi connectivity index (χ4v) is 2.50. The first-order valence-electron chi connectivity index (χ1n) is 8.38. The molecule has 0 aliphatic carbocycles. The lowest BCUT2D eigenvalue weighted by atomic mass is 10.1. The molecular weight excluding hydrogens is 322 g/mol. The number of hydrogen-bond acceptors (Lipinski definition) is 3. The first-order chi connectivity index (χ1) is 12.8. The lowest BCUT2D eigenvalue weighted by Gasteiger charge is -2.02. The summed E-state index contributed by atoms with van der Waals surface area (Å²) in [4.78, 5) is 4.48. The largest absolute Gasteiger partial charge is 0.497 e. The van der Waals surface area contributed by atoms with Crippen LogP contribution in [0.3, 0.4) is 0 Å². The highest BCUT2D eigenvalue weighted by Gasteiger charge is 1.97. The highest BCUT2D eigenvalue weighted by molar-refractivity contribution is 5.78. The molecule has 0 amide bonds. The third-order valence-corrected chi connectivity index (χ3v) is 3.99. The van der Waals surface area contributed by atoms with Gasteiger partial charge in [0.2, 0.25) is 0 Å². The number of nitrogens with zero attached hydrogens (tertiary/aromatic N) is 1. The Morgan fingerprint density at radius 3 is 1.73 bits per heavy atom. The van der Waals surface area contributed by atoms with E-state index in [1.165, 1.54) is 0 Å². The van der Waals surface area contributed by atoms with Crippen molar-refractivity contribution < 1.29 is 9.47 Å². The molecule has 26 heavy (non-hydrogen) atoms. The van der Waals surface area contributed by atoms with Crippen molar-refractivity contribution in [1.82, 2.24) is 4.98 Å². The normalized spacial score (nSPS) is 11.2. The molecule has 0 aliphatic rings. The van der Waals surface area contributed by atoms with Crippen LogP contribution in [0.2, 0.25) is 0 Å². The van der Waals surface area contributed by atoms with Crippen molar-refractivity contribution >= 4 is 24.3 Å². The number of benzene rings is 2. The predicted octanol–water partition coefficient (Wildman–Crippen LogP) is 5.44. The minimum atomic E-state index is 0.850. The van der Waals surface area contributed by atoms with Crippen molar-refractivity contribution in [2.75, 3.05) is 14.2 Å². The van der Waals surface area contributed by atoms with Crippen LogP contribution in [-0.4, -0.2) is 19.2 Å². The molecule has 0 fully saturated rings. The van der Waals surface area contributed by atoms with E-state index in [1.807, 2.05) is 66.7 Å². The molecule has 0 saturated heterocycles. The van der Waals surface area contributed by atoms with E-state index in [2.05, 4.69) is 23.2 Å². The number of aromatic nitrogens is 1. The molecule has 3 aromatic rings. The Morgan fingerprint density at radius 2 is 1.19 bits per heavy atom. The average molecular weight is 343 g/mol. The molecule has 0 unspecified atom stereocenters. The van der Waals surface area contributed by atoms with E-state index in [1.54, 1.807) is 20.4 Å². The van der Waals surface area contributed by atoms with Crippen LogP contribution >= 0.6 is 0 Å². The van der Waals surface area contributed by atoms with Gasteiger partial charge in [0.25, 0.3) is 0 Å². The van der Waals surface area contributed by atoms with E-state index in [-0.39, 0.29) is 0 Å². The lowest BCUT2D eigenvalue weighted by Crippen LogP contribution is -1.86. The third-order valence-electron chi connectivity index (χ3n) is 3.99. The SMILES string of the molecule is COc1ccc(/C=C/c2cccnc2/C=C/c2ccc(OC)cc2)cc1. The summed E-state index contributed by atoms with van der Waals surface area (Å²) in [6.07, 6.45) is 10.0. The molecular formula is C23H21NO2. The molecule has 0 atom stereocenters. The quantitative estimate of drug-likeness (QED) is 0.597. The lowest BCUT2D eigenvalue weighted by molar-refractivity contribution is 0.414. The second-order valence-electron chi connectivity index (χ2n) is 5.69. The maximum Gasteiger partial charge on any atom is 0.118 e. The van der Waals surface area contributed by atoms with Crippen molar-refractivity contribution in [1.29, 1.82) is 0 Å². The van der Waals surface area contributed by atoms with E-state index >= 15 is 0 Å². The van der Waals surface area contributed by atoms with Gasteiger partial charge in [0, 0.05) is 11.8 Å². The molecule has 3 nitrogen and oxygen atoms in total. The number of pyridine rings is 1. The van der Waals surface area contributed by atoms with Crippen LogP contribution in [0, 0.1) is 0 Å². The van der Waals surface area contributed by atoms with Gasteiger partial charge in [-0.3, -0.25) is 4.98 Å². The van der Waals surface area contributed by atoms with Gasteiger partial charge in [-0.1, -0.05) is 48.6 Å². The summed E-state index contributed by atoms with van der Waals surface area (Å²) in [7, 11) is 3.34. The van der Waals surface area contributed by atoms with Crippen molar-refractivity contribution in [3.63, 3.8) is 0 Å². The van der Waals surface area contributed by atoms with Crippen LogP contribution in [0.1, 0.15) is 22.4 Å². The molecule has 0 radical (unpaired) electrons. The standard InChI is InChI=1S/C23H21NO2/c1-25-21-12-6-18(7-13-21)5-11-20-4-3-17-24-23(20)16-10-19-8-14-22(26-2)15-9-19/h3-17H,1-2H3/b11-5+,16-10+. The van der Waals surface area contributed by atoms with Crippen LogP contribution in [-0.2, 0) is 0 Å². The zero-order valence-corrected chi connectivity index (χ0v) is 14.9. The van der Waals surface area contributed by atoms with Crippen molar-refractivity contribution in [3.8, 4) is 11.5 Å². The van der Waals surface area contributed by atoms with E-state index in [0.717, 1.165) is 33.9 Å². The molecule has 0 saturated carbocycles. The van der Waals surface area contributed by atoms with Crippen LogP contribution in [0.4, 0.5) is 0 Å². The van der Waals surface area contributed by atoms with E-state index in [9.17, 15) is 0 Å². The molecule has 130 valence electrons. The number of ether oxygens (including phenoxy) is 2. The van der Waals surface area contributed by atoms with Crippen LogP contribution in [0.5, 0.6) is 11.5 Å². The smallest absolute Gasteiger partial charge is 0.118 e. The van der Waals surface area contributed by atoms with Crippen molar-refractivity contribution in [2.45, 2.75) is 0 Å². The summed E-state index contributed by atoms with van der Waals surface area (Å²) in [5.41, 5.74) is 4.20. The van der Waals surface area contributed by atoms with Gasteiger partial charge in [-0.05, 0) is 47.5 Å². The summed E-state index contributed by atoms with van der Waals surface area (Å²) in [5, 5.41) is 0. The minimum Gasteiger partial charge on any atom is -0.497 e. The second kappa shape index (κ2) is 8.67. The zero-order valence-electron chi connectivity index (χ0n) is 14.9. The van der Waals surface area contributed by atoms with Crippen LogP contribution in [0.25, 0.3) is 24.3 Å². The number of methoxy groups -OCH3 is 2. The van der Waals surface area contributed by atoms with Gasteiger partial charge in [-0.2, -0.15) is 0 Å². The maximum atomic E-state index is 5.19. The van der Waals surface area contributed by atoms with Crippen LogP contribution in [0.15, 0.2) is 66.9 Å². The Bertz CT molecular complexity index is 818. The van der Waals surface area contributed by atoms with Crippen molar-refractivity contribution in [3.05, 3.63) is 89.2 Å². The van der Waals surface area contributed by atoms with Gasteiger partial charge in [0.15, 0.2) is 0 Å². The van der Waals surface area contributed by atoms with Gasteiger partial charge in [0.05, 0.1) is 19.9 Å². The fourth-order valence-electron chi connectivity index (χ4n) is 2.50. The zero-order chi connectivity index (χ0) is 18.2. The molecule has 3 rings (SSSR count). The highest BCUT2D eigenvalue weighted by atomic mass is 16.5. The third kappa shape index (κ3) is 4.61. The van der Waals surface area contributed by atoms with Gasteiger partial charge < -0.3 is 9.47 Å². The highest BCUT2D eigenvalue weighted by Crippen LogP contribution is 2.17. The van der Waals surface area contributed by atoms with E-state index in [4.69, 9.17) is 9.47 Å². The predicted molar refractivity (Wildman–Crippen MR) is 108 cm³/mol. The maximum absolute atomic E-state index is 5.19. The molecule has 2 aromatic carbocycles. The Kier molecular flexibility index (Phi) is 5.84. The topological polar surface area (TPSA) is 31.4 Å². The Labute approximate surface area is 154 Å². The first kappa shape index (κ1) is 17.5.